The predicted molar refractivity (Wildman–Crippen MR) is 82.5 cm³/mol. The summed E-state index contributed by atoms with van der Waals surface area (Å²) >= 11 is 5.99. The van der Waals surface area contributed by atoms with Crippen LogP contribution in [-0.2, 0) is 11.2 Å². The molecule has 2 heterocycles. The summed E-state index contributed by atoms with van der Waals surface area (Å²) < 4.78 is 5.79. The van der Waals surface area contributed by atoms with Gasteiger partial charge in [-0.3, -0.25) is 4.79 Å². The molecule has 3 atom stereocenters. The molecule has 1 saturated heterocycles. The van der Waals surface area contributed by atoms with E-state index in [-0.39, 0.29) is 11.9 Å². The molecule has 1 fully saturated rings. The second kappa shape index (κ2) is 5.85. The van der Waals surface area contributed by atoms with Gasteiger partial charge in [-0.1, -0.05) is 11.6 Å². The van der Waals surface area contributed by atoms with Crippen LogP contribution in [0.15, 0.2) is 18.2 Å². The standard InChI is InChI=1S/C16H21ClN2O2/c1-10(18)11-3-2-6-19(9-11)16(20)15-8-12-7-13(17)4-5-14(12)21-15/h4-5,7,10-11,15H,2-3,6,8-9,18H2,1H3/t10-,11-,15+/m0/s1. The van der Waals surface area contributed by atoms with Crippen molar-refractivity contribution >= 4 is 17.5 Å². The van der Waals surface area contributed by atoms with Crippen LogP contribution in [0.5, 0.6) is 5.75 Å². The van der Waals surface area contributed by atoms with E-state index in [0.717, 1.165) is 37.2 Å². The van der Waals surface area contributed by atoms with Crippen molar-refractivity contribution in [2.75, 3.05) is 13.1 Å². The lowest BCUT2D eigenvalue weighted by molar-refractivity contribution is -0.139. The molecule has 4 nitrogen and oxygen atoms in total. The average Bonchev–Trinajstić information content (AvgIpc) is 2.89. The van der Waals surface area contributed by atoms with Crippen LogP contribution < -0.4 is 10.5 Å². The zero-order chi connectivity index (χ0) is 15.0. The van der Waals surface area contributed by atoms with E-state index in [1.54, 1.807) is 6.07 Å². The molecule has 2 aliphatic rings. The van der Waals surface area contributed by atoms with Gasteiger partial charge in [0.05, 0.1) is 0 Å². The van der Waals surface area contributed by atoms with Crippen molar-refractivity contribution in [2.45, 2.75) is 38.3 Å². The molecule has 1 aromatic rings. The zero-order valence-corrected chi connectivity index (χ0v) is 13.0. The summed E-state index contributed by atoms with van der Waals surface area (Å²) in [5.74, 6) is 1.24. The van der Waals surface area contributed by atoms with Gasteiger partial charge >= 0.3 is 0 Å². The fraction of sp³-hybridized carbons (Fsp3) is 0.562. The minimum atomic E-state index is -0.412. The van der Waals surface area contributed by atoms with Crippen LogP contribution in [0.25, 0.3) is 0 Å². The Kier molecular flexibility index (Phi) is 4.09. The number of carbonyl (C=O) groups excluding carboxylic acids is 1. The number of benzene rings is 1. The highest BCUT2D eigenvalue weighted by atomic mass is 35.5. The number of halogens is 1. The summed E-state index contributed by atoms with van der Waals surface area (Å²) in [6.45, 7) is 3.56. The molecule has 0 spiro atoms. The number of fused-ring (bicyclic) bond motifs is 1. The number of carbonyl (C=O) groups is 1. The van der Waals surface area contributed by atoms with Crippen LogP contribution in [0.1, 0.15) is 25.3 Å². The summed E-state index contributed by atoms with van der Waals surface area (Å²) in [6.07, 6.45) is 2.31. The topological polar surface area (TPSA) is 55.6 Å². The molecule has 114 valence electrons. The van der Waals surface area contributed by atoms with Gasteiger partial charge in [0.15, 0.2) is 6.10 Å². The van der Waals surface area contributed by atoms with Gasteiger partial charge in [-0.2, -0.15) is 0 Å². The molecule has 1 amide bonds. The Hall–Kier alpha value is -1.26. The number of likely N-dealkylation sites (tertiary alicyclic amines) is 1. The van der Waals surface area contributed by atoms with Crippen molar-refractivity contribution in [3.05, 3.63) is 28.8 Å². The molecule has 0 aromatic heterocycles. The third-order valence-corrected chi connectivity index (χ3v) is 4.72. The van der Waals surface area contributed by atoms with E-state index in [2.05, 4.69) is 0 Å². The largest absolute Gasteiger partial charge is 0.480 e. The van der Waals surface area contributed by atoms with Crippen molar-refractivity contribution in [3.8, 4) is 5.75 Å². The maximum atomic E-state index is 12.6. The molecule has 0 saturated carbocycles. The first-order valence-corrected chi connectivity index (χ1v) is 7.92. The van der Waals surface area contributed by atoms with E-state index < -0.39 is 6.10 Å². The highest BCUT2D eigenvalue weighted by Crippen LogP contribution is 2.32. The molecule has 3 rings (SSSR count). The Morgan fingerprint density at radius 3 is 3.10 bits per heavy atom. The van der Waals surface area contributed by atoms with E-state index in [9.17, 15) is 4.79 Å². The minimum absolute atomic E-state index is 0.0765. The maximum absolute atomic E-state index is 12.6. The molecule has 0 radical (unpaired) electrons. The van der Waals surface area contributed by atoms with Gasteiger partial charge < -0.3 is 15.4 Å². The molecule has 21 heavy (non-hydrogen) atoms. The average molecular weight is 309 g/mol. The van der Waals surface area contributed by atoms with Crippen LogP contribution in [-0.4, -0.2) is 36.0 Å². The van der Waals surface area contributed by atoms with Gasteiger partial charge in [0.2, 0.25) is 0 Å². The molecular weight excluding hydrogens is 288 g/mol. The Morgan fingerprint density at radius 2 is 2.33 bits per heavy atom. The van der Waals surface area contributed by atoms with Gasteiger partial charge in [-0.15, -0.1) is 0 Å². The number of amides is 1. The van der Waals surface area contributed by atoms with Gasteiger partial charge in [0.25, 0.3) is 5.91 Å². The first-order chi connectivity index (χ1) is 10.0. The molecule has 0 aliphatic carbocycles. The highest BCUT2D eigenvalue weighted by molar-refractivity contribution is 6.30. The van der Waals surface area contributed by atoms with Crippen molar-refractivity contribution in [1.82, 2.24) is 4.90 Å². The monoisotopic (exact) mass is 308 g/mol. The van der Waals surface area contributed by atoms with Gasteiger partial charge in [-0.05, 0) is 49.4 Å². The van der Waals surface area contributed by atoms with Crippen molar-refractivity contribution in [3.63, 3.8) is 0 Å². The number of nitrogens with two attached hydrogens (primary N) is 1. The lowest BCUT2D eigenvalue weighted by atomic mass is 9.92. The Morgan fingerprint density at radius 1 is 1.52 bits per heavy atom. The number of ether oxygens (including phenoxy) is 1. The van der Waals surface area contributed by atoms with Crippen LogP contribution >= 0.6 is 11.6 Å². The molecule has 2 N–H and O–H groups in total. The van der Waals surface area contributed by atoms with Crippen LogP contribution in [0.4, 0.5) is 0 Å². The van der Waals surface area contributed by atoms with Gasteiger partial charge in [-0.25, -0.2) is 0 Å². The summed E-state index contributed by atoms with van der Waals surface area (Å²) in [7, 11) is 0. The minimum Gasteiger partial charge on any atom is -0.480 e. The second-order valence-electron chi connectivity index (χ2n) is 6.11. The molecular formula is C16H21ClN2O2. The zero-order valence-electron chi connectivity index (χ0n) is 12.2. The Bertz CT molecular complexity index is 547. The second-order valence-corrected chi connectivity index (χ2v) is 6.54. The van der Waals surface area contributed by atoms with E-state index in [1.165, 1.54) is 0 Å². The molecule has 5 heteroatoms. The molecule has 0 unspecified atom stereocenters. The summed E-state index contributed by atoms with van der Waals surface area (Å²) in [6, 6.07) is 5.64. The normalized spacial score (nSPS) is 26.1. The van der Waals surface area contributed by atoms with Crippen molar-refractivity contribution in [1.29, 1.82) is 0 Å². The lowest BCUT2D eigenvalue weighted by Crippen LogP contribution is -2.49. The van der Waals surface area contributed by atoms with Crippen LogP contribution in [0.2, 0.25) is 5.02 Å². The quantitative estimate of drug-likeness (QED) is 0.911. The van der Waals surface area contributed by atoms with E-state index in [4.69, 9.17) is 22.1 Å². The van der Waals surface area contributed by atoms with Gasteiger partial charge in [0.1, 0.15) is 5.75 Å². The summed E-state index contributed by atoms with van der Waals surface area (Å²) in [4.78, 5) is 14.6. The van der Waals surface area contributed by atoms with Gasteiger partial charge in [0, 0.05) is 30.6 Å². The smallest absolute Gasteiger partial charge is 0.264 e. The van der Waals surface area contributed by atoms with E-state index >= 15 is 0 Å². The molecule has 1 aromatic carbocycles. The van der Waals surface area contributed by atoms with Crippen LogP contribution in [0.3, 0.4) is 0 Å². The number of piperidine rings is 1. The molecule has 2 aliphatic heterocycles. The lowest BCUT2D eigenvalue weighted by Gasteiger charge is -2.35. The highest BCUT2D eigenvalue weighted by Gasteiger charge is 2.35. The van der Waals surface area contributed by atoms with Crippen molar-refractivity contribution < 1.29 is 9.53 Å². The van der Waals surface area contributed by atoms with Crippen LogP contribution in [0, 0.1) is 5.92 Å². The van der Waals surface area contributed by atoms with Crippen molar-refractivity contribution in [2.24, 2.45) is 11.7 Å². The first-order valence-electron chi connectivity index (χ1n) is 7.54. The Labute approximate surface area is 130 Å². The fourth-order valence-corrected chi connectivity index (χ4v) is 3.39. The Balaban J connectivity index is 1.67. The molecule has 0 bridgehead atoms. The third-order valence-electron chi connectivity index (χ3n) is 4.49. The number of hydrogen-bond donors (Lipinski definition) is 1. The SMILES string of the molecule is C[C@H](N)[C@H]1CCCN(C(=O)[C@H]2Cc3cc(Cl)ccc3O2)C1. The number of nitrogens with zero attached hydrogens (tertiary/aromatic N) is 1. The van der Waals surface area contributed by atoms with E-state index in [1.807, 2.05) is 24.0 Å². The number of hydrogen-bond acceptors (Lipinski definition) is 3. The predicted octanol–water partition coefficient (Wildman–Crippen LogP) is 2.23. The van der Waals surface area contributed by atoms with E-state index in [0.29, 0.717) is 17.4 Å². The fourth-order valence-electron chi connectivity index (χ4n) is 3.20. The summed E-state index contributed by atoms with van der Waals surface area (Å²) in [5.41, 5.74) is 7.00. The summed E-state index contributed by atoms with van der Waals surface area (Å²) in [5, 5.41) is 0.681. The maximum Gasteiger partial charge on any atom is 0.264 e. The first kappa shape index (κ1) is 14.7. The number of rotatable bonds is 2. The third kappa shape index (κ3) is 3.01.